The largest absolute Gasteiger partial charge is 0.338 e. The van der Waals surface area contributed by atoms with E-state index in [4.69, 9.17) is 0 Å². The first kappa shape index (κ1) is 16.7. The van der Waals surface area contributed by atoms with Gasteiger partial charge in [0.15, 0.2) is 0 Å². The minimum absolute atomic E-state index is 0.241. The number of carbonyl (C=O) groups is 1. The van der Waals surface area contributed by atoms with Crippen LogP contribution >= 0.6 is 0 Å². The average Bonchev–Trinajstić information content (AvgIpc) is 3.11. The van der Waals surface area contributed by atoms with Crippen molar-refractivity contribution in [1.29, 1.82) is 0 Å². The van der Waals surface area contributed by atoms with E-state index in [2.05, 4.69) is 15.7 Å². The Labute approximate surface area is 145 Å². The Morgan fingerprint density at radius 3 is 2.52 bits per heavy atom. The molecule has 128 valence electrons. The Morgan fingerprint density at radius 1 is 1.00 bits per heavy atom. The van der Waals surface area contributed by atoms with Crippen molar-refractivity contribution in [1.82, 2.24) is 20.4 Å². The third kappa shape index (κ3) is 4.91. The van der Waals surface area contributed by atoms with Crippen molar-refractivity contribution in [2.24, 2.45) is 0 Å². The Kier molecular flexibility index (Phi) is 5.41. The van der Waals surface area contributed by atoms with Gasteiger partial charge in [0, 0.05) is 24.8 Å². The lowest BCUT2D eigenvalue weighted by molar-refractivity contribution is 0.240. The van der Waals surface area contributed by atoms with Gasteiger partial charge in [0.1, 0.15) is 5.82 Å². The van der Waals surface area contributed by atoms with Crippen LogP contribution in [0.3, 0.4) is 0 Å². The summed E-state index contributed by atoms with van der Waals surface area (Å²) in [6.07, 6.45) is 4.26. The molecule has 0 aliphatic rings. The molecule has 25 heavy (non-hydrogen) atoms. The lowest BCUT2D eigenvalue weighted by atomic mass is 10.1. The highest BCUT2D eigenvalue weighted by Gasteiger charge is 2.04. The van der Waals surface area contributed by atoms with Gasteiger partial charge in [-0.1, -0.05) is 30.3 Å². The molecule has 0 radical (unpaired) electrons. The summed E-state index contributed by atoms with van der Waals surface area (Å²) < 4.78 is 14.6. The van der Waals surface area contributed by atoms with Crippen LogP contribution in [0, 0.1) is 5.82 Å². The van der Waals surface area contributed by atoms with E-state index in [1.807, 2.05) is 36.5 Å². The molecule has 0 spiro atoms. The third-order valence-electron chi connectivity index (χ3n) is 3.72. The number of rotatable bonds is 6. The van der Waals surface area contributed by atoms with Crippen molar-refractivity contribution in [2.75, 3.05) is 6.54 Å². The zero-order valence-electron chi connectivity index (χ0n) is 13.7. The molecule has 0 aliphatic heterocycles. The van der Waals surface area contributed by atoms with Gasteiger partial charge in [-0.05, 0) is 36.2 Å². The molecule has 3 aromatic rings. The van der Waals surface area contributed by atoms with Crippen LogP contribution in [0.5, 0.6) is 0 Å². The highest BCUT2D eigenvalue weighted by Crippen LogP contribution is 2.07. The Bertz CT molecular complexity index is 815. The minimum Gasteiger partial charge on any atom is -0.338 e. The molecule has 0 unspecified atom stereocenters. The number of benzene rings is 2. The molecule has 0 bridgehead atoms. The smallest absolute Gasteiger partial charge is 0.315 e. The number of carbonyl (C=O) groups excluding carboxylic acids is 1. The summed E-state index contributed by atoms with van der Waals surface area (Å²) in [5.74, 6) is -0.259. The fourth-order valence-electron chi connectivity index (χ4n) is 2.39. The third-order valence-corrected chi connectivity index (χ3v) is 3.72. The van der Waals surface area contributed by atoms with Crippen LogP contribution in [-0.2, 0) is 13.0 Å². The summed E-state index contributed by atoms with van der Waals surface area (Å²) >= 11 is 0. The Morgan fingerprint density at radius 2 is 1.76 bits per heavy atom. The summed E-state index contributed by atoms with van der Waals surface area (Å²) in [6.45, 7) is 0.885. The molecule has 0 aliphatic carbocycles. The lowest BCUT2D eigenvalue weighted by Gasteiger charge is -2.07. The van der Waals surface area contributed by atoms with Gasteiger partial charge in [0.2, 0.25) is 0 Å². The molecule has 2 N–H and O–H groups in total. The number of nitrogens with zero attached hydrogens (tertiary/aromatic N) is 2. The van der Waals surface area contributed by atoms with Gasteiger partial charge >= 0.3 is 6.03 Å². The van der Waals surface area contributed by atoms with Crippen LogP contribution in [0.25, 0.3) is 5.69 Å². The van der Waals surface area contributed by atoms with Crippen LogP contribution in [-0.4, -0.2) is 22.4 Å². The fourth-order valence-corrected chi connectivity index (χ4v) is 2.39. The minimum atomic E-state index is -0.259. The normalized spacial score (nSPS) is 10.4. The van der Waals surface area contributed by atoms with Gasteiger partial charge in [-0.25, -0.2) is 13.9 Å². The van der Waals surface area contributed by atoms with Gasteiger partial charge < -0.3 is 10.6 Å². The van der Waals surface area contributed by atoms with Gasteiger partial charge in [-0.2, -0.15) is 5.10 Å². The van der Waals surface area contributed by atoms with Crippen molar-refractivity contribution in [3.05, 3.63) is 83.9 Å². The predicted molar refractivity (Wildman–Crippen MR) is 93.9 cm³/mol. The summed E-state index contributed by atoms with van der Waals surface area (Å²) in [6, 6.07) is 15.8. The molecule has 0 saturated heterocycles. The van der Waals surface area contributed by atoms with E-state index >= 15 is 0 Å². The second-order valence-electron chi connectivity index (χ2n) is 5.61. The monoisotopic (exact) mass is 338 g/mol. The van der Waals surface area contributed by atoms with Crippen LogP contribution < -0.4 is 10.6 Å². The highest BCUT2D eigenvalue weighted by molar-refractivity contribution is 5.73. The maximum absolute atomic E-state index is 12.8. The number of halogens is 1. The van der Waals surface area contributed by atoms with Crippen molar-refractivity contribution >= 4 is 6.03 Å². The SMILES string of the molecule is O=C(NCCc1ccc(F)cc1)NCc1cnn(-c2ccccc2)c1. The van der Waals surface area contributed by atoms with E-state index in [1.54, 1.807) is 23.0 Å². The molecule has 2 amide bonds. The first-order valence-corrected chi connectivity index (χ1v) is 8.06. The van der Waals surface area contributed by atoms with Crippen LogP contribution in [0.1, 0.15) is 11.1 Å². The standard InChI is InChI=1S/C19H19FN4O/c20-17-8-6-15(7-9-17)10-11-21-19(25)22-12-16-13-23-24(14-16)18-4-2-1-3-5-18/h1-9,13-14H,10-12H2,(H2,21,22,25). The first-order valence-electron chi connectivity index (χ1n) is 8.06. The van der Waals surface area contributed by atoms with E-state index in [-0.39, 0.29) is 11.8 Å². The second-order valence-corrected chi connectivity index (χ2v) is 5.61. The maximum atomic E-state index is 12.8. The van der Waals surface area contributed by atoms with Gasteiger partial charge in [-0.15, -0.1) is 0 Å². The van der Waals surface area contributed by atoms with Crippen LogP contribution in [0.4, 0.5) is 9.18 Å². The predicted octanol–water partition coefficient (Wildman–Crippen LogP) is 3.05. The maximum Gasteiger partial charge on any atom is 0.315 e. The molecular weight excluding hydrogens is 319 g/mol. The van der Waals surface area contributed by atoms with Crippen molar-refractivity contribution in [3.63, 3.8) is 0 Å². The van der Waals surface area contributed by atoms with E-state index in [1.165, 1.54) is 12.1 Å². The number of nitrogens with one attached hydrogen (secondary N) is 2. The van der Waals surface area contributed by atoms with E-state index in [9.17, 15) is 9.18 Å². The van der Waals surface area contributed by atoms with Crippen LogP contribution in [0.2, 0.25) is 0 Å². The average molecular weight is 338 g/mol. The zero-order chi connectivity index (χ0) is 17.5. The molecule has 5 nitrogen and oxygen atoms in total. The molecule has 1 aromatic heterocycles. The second kappa shape index (κ2) is 8.10. The summed E-state index contributed by atoms with van der Waals surface area (Å²) in [5.41, 5.74) is 2.86. The molecule has 0 fully saturated rings. The number of urea groups is 1. The molecule has 2 aromatic carbocycles. The van der Waals surface area contributed by atoms with E-state index < -0.39 is 0 Å². The fraction of sp³-hybridized carbons (Fsp3) is 0.158. The molecule has 0 saturated carbocycles. The molecule has 0 atom stereocenters. The van der Waals surface area contributed by atoms with E-state index in [0.29, 0.717) is 19.5 Å². The number of aromatic nitrogens is 2. The van der Waals surface area contributed by atoms with Crippen molar-refractivity contribution in [2.45, 2.75) is 13.0 Å². The summed E-state index contributed by atoms with van der Waals surface area (Å²) in [5, 5.41) is 9.87. The number of para-hydroxylation sites is 1. The molecule has 3 rings (SSSR count). The molecule has 1 heterocycles. The van der Waals surface area contributed by atoms with Gasteiger partial charge in [0.25, 0.3) is 0 Å². The number of amides is 2. The van der Waals surface area contributed by atoms with E-state index in [0.717, 1.165) is 16.8 Å². The number of hydrogen-bond acceptors (Lipinski definition) is 2. The van der Waals surface area contributed by atoms with Gasteiger partial charge in [-0.3, -0.25) is 0 Å². The Hall–Kier alpha value is -3.15. The quantitative estimate of drug-likeness (QED) is 0.726. The van der Waals surface area contributed by atoms with Crippen molar-refractivity contribution in [3.8, 4) is 5.69 Å². The summed E-state index contributed by atoms with van der Waals surface area (Å²) in [4.78, 5) is 11.8. The van der Waals surface area contributed by atoms with Crippen LogP contribution in [0.15, 0.2) is 67.0 Å². The first-order chi connectivity index (χ1) is 12.2. The Balaban J connectivity index is 1.42. The molecule has 6 heteroatoms. The van der Waals surface area contributed by atoms with Gasteiger partial charge in [0.05, 0.1) is 11.9 Å². The zero-order valence-corrected chi connectivity index (χ0v) is 13.7. The lowest BCUT2D eigenvalue weighted by Crippen LogP contribution is -2.36. The topological polar surface area (TPSA) is 59.0 Å². The summed E-state index contributed by atoms with van der Waals surface area (Å²) in [7, 11) is 0. The highest BCUT2D eigenvalue weighted by atomic mass is 19.1. The van der Waals surface area contributed by atoms with Crippen molar-refractivity contribution < 1.29 is 9.18 Å². The number of hydrogen-bond donors (Lipinski definition) is 2. The molecular formula is C19H19FN4O.